The van der Waals surface area contributed by atoms with Crippen molar-refractivity contribution in [2.45, 2.75) is 65.0 Å². The zero-order valence-corrected chi connectivity index (χ0v) is 16.9. The van der Waals surface area contributed by atoms with Gasteiger partial charge in [-0.15, -0.1) is 0 Å². The number of carbonyl (C=O) groups is 3. The van der Waals surface area contributed by atoms with E-state index >= 15 is 0 Å². The number of amides is 4. The molecule has 2 heterocycles. The highest BCUT2D eigenvalue weighted by Crippen LogP contribution is 2.30. The van der Waals surface area contributed by atoms with E-state index in [9.17, 15) is 14.4 Å². The highest BCUT2D eigenvalue weighted by molar-refractivity contribution is 6.04. The minimum atomic E-state index is -0.353. The second-order valence-electron chi connectivity index (χ2n) is 8.23. The Balaban J connectivity index is 1.40. The number of hydrogen-bond donors (Lipinski definition) is 1. The number of unbranched alkanes of at least 4 members (excludes halogenated alkanes) is 2. The smallest absolute Gasteiger partial charge is 0.327 e. The van der Waals surface area contributed by atoms with Gasteiger partial charge in [0.2, 0.25) is 5.91 Å². The van der Waals surface area contributed by atoms with Crippen molar-refractivity contribution in [1.82, 2.24) is 15.1 Å². The van der Waals surface area contributed by atoms with Crippen molar-refractivity contribution in [3.8, 4) is 0 Å². The Morgan fingerprint density at radius 2 is 1.89 bits per heavy atom. The van der Waals surface area contributed by atoms with Crippen LogP contribution in [-0.4, -0.2) is 46.8 Å². The number of rotatable bonds is 9. The fraction of sp³-hybridized carbons (Fsp3) is 0.591. The number of fused-ring (bicyclic) bond motifs is 2. The van der Waals surface area contributed by atoms with Crippen LogP contribution in [0.1, 0.15) is 57.1 Å². The van der Waals surface area contributed by atoms with Crippen LogP contribution in [-0.2, 0) is 22.6 Å². The van der Waals surface area contributed by atoms with Gasteiger partial charge in [-0.3, -0.25) is 14.5 Å². The van der Waals surface area contributed by atoms with Crippen molar-refractivity contribution >= 4 is 17.8 Å². The molecule has 0 aromatic heterocycles. The highest BCUT2D eigenvalue weighted by atomic mass is 16.2. The van der Waals surface area contributed by atoms with Gasteiger partial charge in [-0.2, -0.15) is 0 Å². The Kier molecular flexibility index (Phi) is 6.70. The SMILES string of the molecule is CC(C)CCNC(=O)CCCCCN1C(=O)[C@@H]2Cc3ccccc3CN2C1=O. The molecule has 1 atom stereocenters. The monoisotopic (exact) mass is 385 g/mol. The molecule has 1 saturated heterocycles. The van der Waals surface area contributed by atoms with Gasteiger partial charge in [-0.1, -0.05) is 44.5 Å². The summed E-state index contributed by atoms with van der Waals surface area (Å²) in [7, 11) is 0. The lowest BCUT2D eigenvalue weighted by Gasteiger charge is -2.28. The molecule has 1 aromatic rings. The van der Waals surface area contributed by atoms with Gasteiger partial charge in [0, 0.05) is 32.5 Å². The van der Waals surface area contributed by atoms with E-state index in [0.717, 1.165) is 43.4 Å². The van der Waals surface area contributed by atoms with Gasteiger partial charge in [-0.05, 0) is 36.3 Å². The molecule has 1 N–H and O–H groups in total. The molecular weight excluding hydrogens is 354 g/mol. The van der Waals surface area contributed by atoms with E-state index in [1.54, 1.807) is 4.90 Å². The molecular formula is C22H31N3O3. The van der Waals surface area contributed by atoms with Crippen molar-refractivity contribution < 1.29 is 14.4 Å². The van der Waals surface area contributed by atoms with Gasteiger partial charge in [0.05, 0.1) is 0 Å². The van der Waals surface area contributed by atoms with Crippen molar-refractivity contribution in [2.24, 2.45) is 5.92 Å². The average Bonchev–Trinajstić information content (AvgIpc) is 2.90. The molecule has 4 amide bonds. The minimum Gasteiger partial charge on any atom is -0.356 e. The van der Waals surface area contributed by atoms with Crippen molar-refractivity contribution in [3.63, 3.8) is 0 Å². The molecule has 3 rings (SSSR count). The number of imide groups is 1. The van der Waals surface area contributed by atoms with Crippen LogP contribution in [0.5, 0.6) is 0 Å². The zero-order chi connectivity index (χ0) is 20.1. The molecule has 2 aliphatic rings. The fourth-order valence-corrected chi connectivity index (χ4v) is 3.90. The summed E-state index contributed by atoms with van der Waals surface area (Å²) in [6.45, 7) is 5.96. The topological polar surface area (TPSA) is 69.7 Å². The number of nitrogens with one attached hydrogen (secondary N) is 1. The normalized spacial score (nSPS) is 18.5. The number of carbonyl (C=O) groups excluding carboxylic acids is 3. The largest absolute Gasteiger partial charge is 0.356 e. The molecule has 1 aromatic carbocycles. The van der Waals surface area contributed by atoms with E-state index in [4.69, 9.17) is 0 Å². The lowest BCUT2D eigenvalue weighted by Crippen LogP contribution is -2.39. The summed E-state index contributed by atoms with van der Waals surface area (Å²) >= 11 is 0. The first kappa shape index (κ1) is 20.4. The maximum atomic E-state index is 12.7. The highest BCUT2D eigenvalue weighted by Gasteiger charge is 2.46. The van der Waals surface area contributed by atoms with Crippen LogP contribution in [0.25, 0.3) is 0 Å². The van der Waals surface area contributed by atoms with Crippen LogP contribution in [0.3, 0.4) is 0 Å². The predicted molar refractivity (Wildman–Crippen MR) is 108 cm³/mol. The van der Waals surface area contributed by atoms with Gasteiger partial charge in [0.1, 0.15) is 6.04 Å². The van der Waals surface area contributed by atoms with Crippen LogP contribution in [0.2, 0.25) is 0 Å². The van der Waals surface area contributed by atoms with Crippen molar-refractivity contribution in [3.05, 3.63) is 35.4 Å². The lowest BCUT2D eigenvalue weighted by atomic mass is 9.95. The first-order valence-corrected chi connectivity index (χ1v) is 10.4. The van der Waals surface area contributed by atoms with E-state index in [2.05, 4.69) is 19.2 Å². The Morgan fingerprint density at radius 3 is 2.64 bits per heavy atom. The maximum Gasteiger partial charge on any atom is 0.327 e. The molecule has 0 saturated carbocycles. The van der Waals surface area contributed by atoms with E-state index in [-0.39, 0.29) is 23.9 Å². The van der Waals surface area contributed by atoms with Crippen LogP contribution in [0.4, 0.5) is 4.79 Å². The first-order valence-electron chi connectivity index (χ1n) is 10.4. The summed E-state index contributed by atoms with van der Waals surface area (Å²) in [4.78, 5) is 40.3. The molecule has 1 fully saturated rings. The molecule has 0 spiro atoms. The number of benzene rings is 1. The quantitative estimate of drug-likeness (QED) is 0.525. The molecule has 2 aliphatic heterocycles. The average molecular weight is 386 g/mol. The summed E-state index contributed by atoms with van der Waals surface area (Å²) < 4.78 is 0. The van der Waals surface area contributed by atoms with Crippen LogP contribution in [0, 0.1) is 5.92 Å². The Bertz CT molecular complexity index is 688. The van der Waals surface area contributed by atoms with Crippen molar-refractivity contribution in [2.75, 3.05) is 13.1 Å². The third-order valence-corrected chi connectivity index (χ3v) is 5.61. The summed E-state index contributed by atoms with van der Waals surface area (Å²) in [5.74, 6) is 0.595. The predicted octanol–water partition coefficient (Wildman–Crippen LogP) is 3.10. The summed E-state index contributed by atoms with van der Waals surface area (Å²) in [5.41, 5.74) is 2.29. The van der Waals surface area contributed by atoms with Crippen LogP contribution < -0.4 is 5.32 Å². The van der Waals surface area contributed by atoms with Gasteiger partial charge in [0.25, 0.3) is 5.91 Å². The van der Waals surface area contributed by atoms with E-state index in [1.165, 1.54) is 4.90 Å². The van der Waals surface area contributed by atoms with E-state index < -0.39 is 0 Å². The van der Waals surface area contributed by atoms with Gasteiger partial charge >= 0.3 is 6.03 Å². The minimum absolute atomic E-state index is 0.0778. The van der Waals surface area contributed by atoms with Gasteiger partial charge in [0.15, 0.2) is 0 Å². The first-order chi connectivity index (χ1) is 13.5. The standard InChI is InChI=1S/C22H31N3O3/c1-16(2)11-12-23-20(26)10-4-3-7-13-24-21(27)19-14-17-8-5-6-9-18(17)15-25(19)22(24)28/h5-6,8-9,16,19H,3-4,7,10-15H2,1-2H3,(H,23,26)/t19-/m0/s1. The van der Waals surface area contributed by atoms with E-state index in [1.807, 2.05) is 24.3 Å². The molecule has 0 radical (unpaired) electrons. The summed E-state index contributed by atoms with van der Waals surface area (Å²) in [6.07, 6.45) is 4.45. The molecule has 0 unspecified atom stereocenters. The fourth-order valence-electron chi connectivity index (χ4n) is 3.90. The maximum absolute atomic E-state index is 12.7. The Hall–Kier alpha value is -2.37. The molecule has 0 aliphatic carbocycles. The number of hydrogen-bond acceptors (Lipinski definition) is 3. The number of urea groups is 1. The third-order valence-electron chi connectivity index (χ3n) is 5.61. The lowest BCUT2D eigenvalue weighted by molar-refractivity contribution is -0.128. The summed E-state index contributed by atoms with van der Waals surface area (Å²) in [6, 6.07) is 7.49. The van der Waals surface area contributed by atoms with E-state index in [0.29, 0.717) is 31.8 Å². The van der Waals surface area contributed by atoms with Gasteiger partial charge in [-0.25, -0.2) is 4.79 Å². The molecule has 6 nitrogen and oxygen atoms in total. The molecule has 152 valence electrons. The van der Waals surface area contributed by atoms with Crippen molar-refractivity contribution in [1.29, 1.82) is 0 Å². The molecule has 6 heteroatoms. The van der Waals surface area contributed by atoms with Crippen LogP contribution in [0.15, 0.2) is 24.3 Å². The number of nitrogens with zero attached hydrogens (tertiary/aromatic N) is 2. The molecule has 0 bridgehead atoms. The molecule has 28 heavy (non-hydrogen) atoms. The summed E-state index contributed by atoms with van der Waals surface area (Å²) in [5, 5.41) is 2.94. The van der Waals surface area contributed by atoms with Gasteiger partial charge < -0.3 is 10.2 Å². The second kappa shape index (κ2) is 9.22. The Morgan fingerprint density at radius 1 is 1.14 bits per heavy atom. The second-order valence-corrected chi connectivity index (χ2v) is 8.23. The van der Waals surface area contributed by atoms with Crippen LogP contribution >= 0.6 is 0 Å². The zero-order valence-electron chi connectivity index (χ0n) is 16.9. The third kappa shape index (κ3) is 4.72. The Labute approximate surface area is 167 Å².